The molecule has 0 saturated heterocycles. The van der Waals surface area contributed by atoms with Crippen molar-refractivity contribution in [3.8, 4) is 5.75 Å². The Bertz CT molecular complexity index is 537. The fourth-order valence-electron chi connectivity index (χ4n) is 2.22. The molecule has 1 aromatic carbocycles. The molecule has 6 nitrogen and oxygen atoms in total. The first-order chi connectivity index (χ1) is 11.0. The first-order valence-corrected chi connectivity index (χ1v) is 8.83. The Morgan fingerprint density at radius 2 is 2.13 bits per heavy atom. The fraction of sp³-hybridized carbons (Fsp3) is 0.500. The predicted molar refractivity (Wildman–Crippen MR) is 94.0 cm³/mol. The molecule has 128 valence electrons. The monoisotopic (exact) mass is 339 g/mol. The van der Waals surface area contributed by atoms with Crippen molar-refractivity contribution in [2.24, 2.45) is 5.73 Å². The Labute approximate surface area is 141 Å². The van der Waals surface area contributed by atoms with Crippen LogP contribution < -0.4 is 21.1 Å². The van der Waals surface area contributed by atoms with Gasteiger partial charge in [-0.3, -0.25) is 4.79 Å². The van der Waals surface area contributed by atoms with E-state index in [0.29, 0.717) is 19.4 Å². The van der Waals surface area contributed by atoms with Crippen molar-refractivity contribution in [1.82, 2.24) is 10.6 Å². The number of hydrogen-bond acceptors (Lipinski definition) is 4. The minimum Gasteiger partial charge on any atom is -0.496 e. The second-order valence-electron chi connectivity index (χ2n) is 5.20. The van der Waals surface area contributed by atoms with Crippen molar-refractivity contribution in [1.29, 1.82) is 0 Å². The lowest BCUT2D eigenvalue weighted by molar-refractivity contribution is -0.122. The number of hydrogen-bond donors (Lipinski definition) is 3. The molecule has 0 aromatic heterocycles. The molecule has 3 amide bonds. The van der Waals surface area contributed by atoms with Crippen LogP contribution in [0, 0.1) is 6.92 Å². The Balaban J connectivity index is 2.56. The number of carbonyl (C=O) groups is 2. The molecule has 0 unspecified atom stereocenters. The van der Waals surface area contributed by atoms with E-state index >= 15 is 0 Å². The minimum atomic E-state index is -0.688. The lowest BCUT2D eigenvalue weighted by Gasteiger charge is -2.17. The molecular formula is C16H25N3O3S. The zero-order valence-corrected chi connectivity index (χ0v) is 14.7. The van der Waals surface area contributed by atoms with E-state index in [9.17, 15) is 9.59 Å². The van der Waals surface area contributed by atoms with Gasteiger partial charge < -0.3 is 21.1 Å². The number of carbonyl (C=O) groups excluding carboxylic acids is 2. The molecule has 1 rings (SSSR count). The summed E-state index contributed by atoms with van der Waals surface area (Å²) in [6.07, 6.45) is 3.15. The number of primary amides is 1. The molecule has 0 heterocycles. The summed E-state index contributed by atoms with van der Waals surface area (Å²) in [6, 6.07) is 4.65. The molecule has 0 aliphatic rings. The summed E-state index contributed by atoms with van der Waals surface area (Å²) >= 11 is 1.61. The molecule has 0 fully saturated rings. The van der Waals surface area contributed by atoms with E-state index in [0.717, 1.165) is 22.6 Å². The number of benzene rings is 1. The summed E-state index contributed by atoms with van der Waals surface area (Å²) in [5, 5.41) is 5.33. The van der Waals surface area contributed by atoms with Crippen LogP contribution in [0.1, 0.15) is 17.5 Å². The number of rotatable bonds is 9. The second kappa shape index (κ2) is 9.99. The molecule has 4 N–H and O–H groups in total. The normalized spacial score (nSPS) is 11.6. The highest BCUT2D eigenvalue weighted by Gasteiger charge is 2.18. The second-order valence-corrected chi connectivity index (χ2v) is 6.18. The van der Waals surface area contributed by atoms with E-state index in [-0.39, 0.29) is 5.91 Å². The lowest BCUT2D eigenvalue weighted by atomic mass is 10.1. The highest BCUT2D eigenvalue weighted by atomic mass is 32.2. The molecule has 0 aliphatic heterocycles. The highest BCUT2D eigenvalue weighted by molar-refractivity contribution is 7.98. The number of urea groups is 1. The molecule has 0 radical (unpaired) electrons. The average molecular weight is 339 g/mol. The summed E-state index contributed by atoms with van der Waals surface area (Å²) in [5.74, 6) is 1.35. The molecule has 0 saturated carbocycles. The van der Waals surface area contributed by atoms with Crippen molar-refractivity contribution in [2.75, 3.05) is 25.7 Å². The summed E-state index contributed by atoms with van der Waals surface area (Å²) in [4.78, 5) is 23.2. The van der Waals surface area contributed by atoms with Crippen LogP contribution in [0.3, 0.4) is 0 Å². The number of aryl methyl sites for hydroxylation is 1. The largest absolute Gasteiger partial charge is 0.496 e. The quantitative estimate of drug-likeness (QED) is 0.635. The van der Waals surface area contributed by atoms with E-state index in [1.807, 2.05) is 31.4 Å². The first-order valence-electron chi connectivity index (χ1n) is 7.44. The van der Waals surface area contributed by atoms with E-state index in [2.05, 4.69) is 10.6 Å². The fourth-order valence-corrected chi connectivity index (χ4v) is 2.69. The van der Waals surface area contributed by atoms with Crippen LogP contribution in [0.15, 0.2) is 18.2 Å². The van der Waals surface area contributed by atoms with Crippen molar-refractivity contribution >= 4 is 23.7 Å². The average Bonchev–Trinajstić information content (AvgIpc) is 2.51. The first kappa shape index (κ1) is 19.2. The Hall–Kier alpha value is -1.89. The number of thioether (sulfide) groups is 1. The topological polar surface area (TPSA) is 93.4 Å². The van der Waals surface area contributed by atoms with Gasteiger partial charge in [0.2, 0.25) is 5.91 Å². The minimum absolute atomic E-state index is 0.218. The number of amides is 3. The summed E-state index contributed by atoms with van der Waals surface area (Å²) in [5.41, 5.74) is 7.30. The van der Waals surface area contributed by atoms with Gasteiger partial charge in [0.05, 0.1) is 7.11 Å². The zero-order chi connectivity index (χ0) is 17.2. The highest BCUT2D eigenvalue weighted by Crippen LogP contribution is 2.19. The predicted octanol–water partition coefficient (Wildman–Crippen LogP) is 1.45. The van der Waals surface area contributed by atoms with Crippen LogP contribution in [0.2, 0.25) is 0 Å². The van der Waals surface area contributed by atoms with Crippen LogP contribution in [0.25, 0.3) is 0 Å². The lowest BCUT2D eigenvalue weighted by Crippen LogP contribution is -2.49. The van der Waals surface area contributed by atoms with Crippen LogP contribution in [0.5, 0.6) is 5.75 Å². The van der Waals surface area contributed by atoms with E-state index in [4.69, 9.17) is 10.5 Å². The van der Waals surface area contributed by atoms with Gasteiger partial charge >= 0.3 is 6.03 Å². The molecule has 0 spiro atoms. The Morgan fingerprint density at radius 1 is 1.39 bits per heavy atom. The van der Waals surface area contributed by atoms with Crippen LogP contribution in [-0.2, 0) is 11.2 Å². The third-order valence-electron chi connectivity index (χ3n) is 3.37. The van der Waals surface area contributed by atoms with E-state index in [1.165, 1.54) is 0 Å². The molecule has 1 atom stereocenters. The molecule has 7 heteroatoms. The number of nitrogens with two attached hydrogens (primary N) is 1. The van der Waals surface area contributed by atoms with Crippen molar-refractivity contribution in [3.63, 3.8) is 0 Å². The van der Waals surface area contributed by atoms with Gasteiger partial charge in [0.15, 0.2) is 0 Å². The molecule has 0 aliphatic carbocycles. The van der Waals surface area contributed by atoms with Crippen molar-refractivity contribution < 1.29 is 14.3 Å². The van der Waals surface area contributed by atoms with Gasteiger partial charge in [-0.25, -0.2) is 4.79 Å². The number of nitrogens with one attached hydrogen (secondary N) is 2. The van der Waals surface area contributed by atoms with Crippen LogP contribution >= 0.6 is 11.8 Å². The molecule has 23 heavy (non-hydrogen) atoms. The maximum atomic E-state index is 12.2. The van der Waals surface area contributed by atoms with Gasteiger partial charge in [-0.05, 0) is 43.4 Å². The van der Waals surface area contributed by atoms with Gasteiger partial charge in [-0.1, -0.05) is 17.7 Å². The SMILES string of the molecule is COc1ccc(C)cc1CCNC(=O)[C@@H](CCSC)NC(N)=O. The van der Waals surface area contributed by atoms with Gasteiger partial charge in [-0.15, -0.1) is 0 Å². The summed E-state index contributed by atoms with van der Waals surface area (Å²) < 4.78 is 5.32. The zero-order valence-electron chi connectivity index (χ0n) is 13.8. The molecule has 0 bridgehead atoms. The van der Waals surface area contributed by atoms with E-state index in [1.54, 1.807) is 18.9 Å². The summed E-state index contributed by atoms with van der Waals surface area (Å²) in [7, 11) is 1.63. The van der Waals surface area contributed by atoms with Gasteiger partial charge in [-0.2, -0.15) is 11.8 Å². The van der Waals surface area contributed by atoms with Gasteiger partial charge in [0.1, 0.15) is 11.8 Å². The van der Waals surface area contributed by atoms with Crippen LogP contribution in [0.4, 0.5) is 4.79 Å². The third kappa shape index (κ3) is 6.81. The van der Waals surface area contributed by atoms with Gasteiger partial charge in [0, 0.05) is 6.54 Å². The molecule has 1 aromatic rings. The standard InChI is InChI=1S/C16H25N3O3S/c1-11-4-5-14(22-2)12(10-11)6-8-18-15(20)13(7-9-23-3)19-16(17)21/h4-5,10,13H,6-9H2,1-3H3,(H,18,20)(H3,17,19,21)/t13-/m1/s1. The van der Waals surface area contributed by atoms with Crippen molar-refractivity contribution in [2.45, 2.75) is 25.8 Å². The number of ether oxygens (including phenoxy) is 1. The molecular weight excluding hydrogens is 314 g/mol. The Kier molecular flexibility index (Phi) is 8.32. The van der Waals surface area contributed by atoms with Crippen LogP contribution in [-0.4, -0.2) is 43.6 Å². The Morgan fingerprint density at radius 3 is 2.74 bits per heavy atom. The maximum Gasteiger partial charge on any atom is 0.312 e. The summed E-state index contributed by atoms with van der Waals surface area (Å²) in [6.45, 7) is 2.48. The van der Waals surface area contributed by atoms with Gasteiger partial charge in [0.25, 0.3) is 0 Å². The smallest absolute Gasteiger partial charge is 0.312 e. The number of methoxy groups -OCH3 is 1. The maximum absolute atomic E-state index is 12.2. The van der Waals surface area contributed by atoms with Crippen molar-refractivity contribution in [3.05, 3.63) is 29.3 Å². The van der Waals surface area contributed by atoms with E-state index < -0.39 is 12.1 Å². The third-order valence-corrected chi connectivity index (χ3v) is 4.02.